The Morgan fingerprint density at radius 1 is 0.861 bits per heavy atom. The Balaban J connectivity index is 2.22. The highest BCUT2D eigenvalue weighted by Gasteiger charge is 2.33. The molecular formula is C28H41N3O5. The van der Waals surface area contributed by atoms with E-state index in [1.807, 2.05) is 86.3 Å². The van der Waals surface area contributed by atoms with Gasteiger partial charge in [0.1, 0.15) is 5.60 Å². The fourth-order valence-corrected chi connectivity index (χ4v) is 4.05. The van der Waals surface area contributed by atoms with Crippen LogP contribution in [0.3, 0.4) is 0 Å². The van der Waals surface area contributed by atoms with E-state index in [1.54, 1.807) is 11.8 Å². The smallest absolute Gasteiger partial charge is 0.320 e. The molecule has 0 aliphatic heterocycles. The van der Waals surface area contributed by atoms with Crippen LogP contribution >= 0.6 is 0 Å². The van der Waals surface area contributed by atoms with Crippen molar-refractivity contribution in [2.24, 2.45) is 0 Å². The van der Waals surface area contributed by atoms with Crippen molar-refractivity contribution in [1.82, 2.24) is 15.1 Å². The molecule has 0 saturated heterocycles. The summed E-state index contributed by atoms with van der Waals surface area (Å²) in [6.45, 7) is 8.07. The molecule has 198 valence electrons. The second-order valence-electron chi connectivity index (χ2n) is 10.2. The SMILES string of the molecule is CCOC(=O)CN(Cc1ccccc1)CC(O)(CO)CN(CC(=O)NC(C)(C)C)Cc1ccccc1. The van der Waals surface area contributed by atoms with E-state index >= 15 is 0 Å². The molecule has 1 atom stereocenters. The van der Waals surface area contributed by atoms with Crippen molar-refractivity contribution in [3.8, 4) is 0 Å². The zero-order valence-corrected chi connectivity index (χ0v) is 21.9. The number of carbonyl (C=O) groups is 2. The Labute approximate surface area is 214 Å². The van der Waals surface area contributed by atoms with Crippen LogP contribution in [0.25, 0.3) is 0 Å². The fourth-order valence-electron chi connectivity index (χ4n) is 4.05. The Bertz CT molecular complexity index is 933. The minimum Gasteiger partial charge on any atom is -0.465 e. The molecule has 0 fully saturated rings. The van der Waals surface area contributed by atoms with E-state index < -0.39 is 23.7 Å². The fraction of sp³-hybridized carbons (Fsp3) is 0.500. The summed E-state index contributed by atoms with van der Waals surface area (Å²) in [5.41, 5.74) is -0.0331. The standard InChI is InChI=1S/C28H41N3O5/c1-5-36-26(34)19-31(17-24-14-10-7-11-15-24)21-28(35,22-32)20-30(16-23-12-8-6-9-13-23)18-25(33)29-27(2,3)4/h6-15,32,35H,5,16-22H2,1-4H3,(H,29,33). The van der Waals surface area contributed by atoms with Crippen LogP contribution < -0.4 is 5.32 Å². The average Bonchev–Trinajstić information content (AvgIpc) is 2.79. The van der Waals surface area contributed by atoms with Gasteiger partial charge in [0, 0.05) is 31.7 Å². The van der Waals surface area contributed by atoms with E-state index in [9.17, 15) is 19.8 Å². The molecule has 0 bridgehead atoms. The van der Waals surface area contributed by atoms with Crippen LogP contribution in [0.1, 0.15) is 38.8 Å². The number of hydrogen-bond acceptors (Lipinski definition) is 7. The van der Waals surface area contributed by atoms with E-state index in [0.717, 1.165) is 11.1 Å². The molecule has 0 radical (unpaired) electrons. The Morgan fingerprint density at radius 2 is 1.33 bits per heavy atom. The maximum Gasteiger partial charge on any atom is 0.320 e. The van der Waals surface area contributed by atoms with Crippen LogP contribution in [0.5, 0.6) is 0 Å². The maximum absolute atomic E-state index is 12.7. The third kappa shape index (κ3) is 11.3. The van der Waals surface area contributed by atoms with Crippen LogP contribution in [0.2, 0.25) is 0 Å². The number of nitrogens with one attached hydrogen (secondary N) is 1. The van der Waals surface area contributed by atoms with Gasteiger partial charge in [0.2, 0.25) is 5.91 Å². The van der Waals surface area contributed by atoms with Gasteiger partial charge in [-0.25, -0.2) is 0 Å². The highest BCUT2D eigenvalue weighted by molar-refractivity contribution is 5.78. The molecule has 0 aliphatic carbocycles. The molecule has 8 nitrogen and oxygen atoms in total. The van der Waals surface area contributed by atoms with Gasteiger partial charge in [0.15, 0.2) is 0 Å². The van der Waals surface area contributed by atoms with E-state index in [0.29, 0.717) is 13.1 Å². The largest absolute Gasteiger partial charge is 0.465 e. The van der Waals surface area contributed by atoms with Gasteiger partial charge in [0.25, 0.3) is 0 Å². The first kappa shape index (κ1) is 29.5. The zero-order chi connectivity index (χ0) is 26.6. The minimum absolute atomic E-state index is 0.0173. The zero-order valence-electron chi connectivity index (χ0n) is 21.9. The topological polar surface area (TPSA) is 102 Å². The highest BCUT2D eigenvalue weighted by atomic mass is 16.5. The lowest BCUT2D eigenvalue weighted by atomic mass is 10.0. The quantitative estimate of drug-likeness (QED) is 0.343. The predicted molar refractivity (Wildman–Crippen MR) is 140 cm³/mol. The molecule has 0 spiro atoms. The number of esters is 1. The summed E-state index contributed by atoms with van der Waals surface area (Å²) < 4.78 is 5.13. The van der Waals surface area contributed by atoms with E-state index in [1.165, 1.54) is 0 Å². The van der Waals surface area contributed by atoms with E-state index in [2.05, 4.69) is 5.32 Å². The van der Waals surface area contributed by atoms with Crippen molar-refractivity contribution < 1.29 is 24.5 Å². The number of nitrogens with zero attached hydrogens (tertiary/aromatic N) is 2. The van der Waals surface area contributed by atoms with Gasteiger partial charge in [-0.15, -0.1) is 0 Å². The van der Waals surface area contributed by atoms with Gasteiger partial charge < -0.3 is 20.3 Å². The van der Waals surface area contributed by atoms with Crippen LogP contribution in [0, 0.1) is 0 Å². The molecule has 0 aliphatic rings. The second-order valence-corrected chi connectivity index (χ2v) is 10.2. The Kier molecular flexibility index (Phi) is 11.5. The van der Waals surface area contributed by atoms with Gasteiger partial charge in [-0.05, 0) is 38.8 Å². The number of aliphatic hydroxyl groups excluding tert-OH is 1. The van der Waals surface area contributed by atoms with Crippen molar-refractivity contribution >= 4 is 11.9 Å². The molecule has 0 aromatic heterocycles. The molecule has 0 saturated carbocycles. The van der Waals surface area contributed by atoms with Crippen molar-refractivity contribution in [3.63, 3.8) is 0 Å². The van der Waals surface area contributed by atoms with Crippen LogP contribution in [0.15, 0.2) is 60.7 Å². The van der Waals surface area contributed by atoms with Crippen molar-refractivity contribution in [2.45, 2.75) is 51.9 Å². The summed E-state index contributed by atoms with van der Waals surface area (Å²) in [5.74, 6) is -0.578. The van der Waals surface area contributed by atoms with Crippen LogP contribution in [0.4, 0.5) is 0 Å². The molecule has 0 heterocycles. The normalized spacial score (nSPS) is 13.4. The number of carbonyl (C=O) groups excluding carboxylic acids is 2. The van der Waals surface area contributed by atoms with Crippen molar-refractivity contribution in [3.05, 3.63) is 71.8 Å². The third-order valence-electron chi connectivity index (χ3n) is 5.37. The lowest BCUT2D eigenvalue weighted by molar-refractivity contribution is -0.146. The molecule has 1 unspecified atom stereocenters. The molecular weight excluding hydrogens is 458 g/mol. The third-order valence-corrected chi connectivity index (χ3v) is 5.37. The first-order valence-corrected chi connectivity index (χ1v) is 12.3. The molecule has 3 N–H and O–H groups in total. The summed E-state index contributed by atoms with van der Waals surface area (Å²) in [7, 11) is 0. The number of aliphatic hydroxyl groups is 2. The summed E-state index contributed by atoms with van der Waals surface area (Å²) in [5, 5.41) is 24.7. The number of hydrogen-bond donors (Lipinski definition) is 3. The second kappa shape index (κ2) is 14.1. The molecule has 2 rings (SSSR count). The Morgan fingerprint density at radius 3 is 1.75 bits per heavy atom. The molecule has 8 heteroatoms. The van der Waals surface area contributed by atoms with Gasteiger partial charge in [0.05, 0.1) is 26.3 Å². The average molecular weight is 500 g/mol. The highest BCUT2D eigenvalue weighted by Crippen LogP contribution is 2.16. The number of rotatable bonds is 14. The van der Waals surface area contributed by atoms with E-state index in [-0.39, 0.29) is 38.7 Å². The lowest BCUT2D eigenvalue weighted by Gasteiger charge is -2.37. The van der Waals surface area contributed by atoms with Crippen LogP contribution in [-0.4, -0.2) is 82.4 Å². The van der Waals surface area contributed by atoms with Crippen molar-refractivity contribution in [2.75, 3.05) is 39.4 Å². The number of ether oxygens (including phenoxy) is 1. The van der Waals surface area contributed by atoms with Gasteiger partial charge in [-0.2, -0.15) is 0 Å². The summed E-state index contributed by atoms with van der Waals surface area (Å²) in [4.78, 5) is 28.6. The first-order chi connectivity index (χ1) is 17.0. The first-order valence-electron chi connectivity index (χ1n) is 12.3. The maximum atomic E-state index is 12.7. The van der Waals surface area contributed by atoms with Crippen LogP contribution in [-0.2, 0) is 27.4 Å². The Hall–Kier alpha value is -2.78. The van der Waals surface area contributed by atoms with Gasteiger partial charge in [-0.1, -0.05) is 60.7 Å². The molecule has 2 aromatic rings. The summed E-state index contributed by atoms with van der Waals surface area (Å²) in [6, 6.07) is 19.3. The van der Waals surface area contributed by atoms with Gasteiger partial charge in [-0.3, -0.25) is 19.4 Å². The predicted octanol–water partition coefficient (Wildman–Crippen LogP) is 2.19. The van der Waals surface area contributed by atoms with Crippen molar-refractivity contribution in [1.29, 1.82) is 0 Å². The molecule has 1 amide bonds. The van der Waals surface area contributed by atoms with E-state index in [4.69, 9.17) is 4.74 Å². The minimum atomic E-state index is -1.59. The monoisotopic (exact) mass is 499 g/mol. The number of amides is 1. The number of benzene rings is 2. The molecule has 2 aromatic carbocycles. The summed E-state index contributed by atoms with van der Waals surface area (Å²) >= 11 is 0. The molecule has 36 heavy (non-hydrogen) atoms. The lowest BCUT2D eigenvalue weighted by Crippen LogP contribution is -2.55. The van der Waals surface area contributed by atoms with Gasteiger partial charge >= 0.3 is 5.97 Å². The summed E-state index contributed by atoms with van der Waals surface area (Å²) in [6.07, 6.45) is 0.